The number of benzene rings is 2. The first-order valence-electron chi connectivity index (χ1n) is 7.72. The van der Waals surface area contributed by atoms with E-state index in [4.69, 9.17) is 4.74 Å². The zero-order valence-corrected chi connectivity index (χ0v) is 14.3. The molecule has 3 rings (SSSR count). The molecule has 0 spiro atoms. The maximum Gasteiger partial charge on any atom is 0.260 e. The number of carbonyl (C=O) groups excluding carboxylic acids is 1. The lowest BCUT2D eigenvalue weighted by Gasteiger charge is -2.30. The van der Waals surface area contributed by atoms with Gasteiger partial charge in [-0.1, -0.05) is 35.0 Å². The predicted molar refractivity (Wildman–Crippen MR) is 92.1 cm³/mol. The average molecular weight is 362 g/mol. The number of hydrogen-bond donors (Lipinski definition) is 0. The van der Waals surface area contributed by atoms with Gasteiger partial charge in [-0.3, -0.25) is 4.79 Å². The molecule has 1 aliphatic rings. The van der Waals surface area contributed by atoms with Crippen LogP contribution in [0.4, 0.5) is 0 Å². The van der Waals surface area contributed by atoms with Gasteiger partial charge in [-0.25, -0.2) is 0 Å². The molecule has 0 saturated carbocycles. The Balaban J connectivity index is 1.63. The van der Waals surface area contributed by atoms with Crippen molar-refractivity contribution in [2.24, 2.45) is 5.92 Å². The van der Waals surface area contributed by atoms with Crippen LogP contribution in [-0.4, -0.2) is 30.5 Å². The Morgan fingerprint density at radius 3 is 2.86 bits per heavy atom. The van der Waals surface area contributed by atoms with Gasteiger partial charge < -0.3 is 9.64 Å². The predicted octanol–water partition coefficient (Wildman–Crippen LogP) is 4.24. The third-order valence-corrected chi connectivity index (χ3v) is 4.64. The second-order valence-corrected chi connectivity index (χ2v) is 6.94. The van der Waals surface area contributed by atoms with Crippen LogP contribution in [0.2, 0.25) is 0 Å². The van der Waals surface area contributed by atoms with Gasteiger partial charge in [0.1, 0.15) is 5.75 Å². The van der Waals surface area contributed by atoms with E-state index in [-0.39, 0.29) is 12.5 Å². The number of hydrogen-bond acceptors (Lipinski definition) is 2. The monoisotopic (exact) mass is 361 g/mol. The van der Waals surface area contributed by atoms with E-state index in [1.807, 2.05) is 35.2 Å². The maximum atomic E-state index is 12.2. The summed E-state index contributed by atoms with van der Waals surface area (Å²) in [5, 5.41) is 2.26. The molecule has 1 amide bonds. The molecule has 3 nitrogen and oxygen atoms in total. The summed E-state index contributed by atoms with van der Waals surface area (Å²) in [6.45, 7) is 4.03. The highest BCUT2D eigenvalue weighted by Crippen LogP contribution is 2.24. The summed E-state index contributed by atoms with van der Waals surface area (Å²) in [5.41, 5.74) is 0. The number of rotatable bonds is 3. The molecule has 0 N–H and O–H groups in total. The zero-order valence-electron chi connectivity index (χ0n) is 12.7. The SMILES string of the molecule is CC1CCCN(C(=O)COc2ccc3cc(Br)ccc3c2)C1. The molecule has 22 heavy (non-hydrogen) atoms. The van der Waals surface area contributed by atoms with Crippen LogP contribution in [0.1, 0.15) is 19.8 Å². The summed E-state index contributed by atoms with van der Waals surface area (Å²) in [6.07, 6.45) is 2.31. The van der Waals surface area contributed by atoms with Gasteiger partial charge in [0.05, 0.1) is 0 Å². The van der Waals surface area contributed by atoms with Crippen molar-refractivity contribution in [1.82, 2.24) is 4.90 Å². The van der Waals surface area contributed by atoms with Crippen LogP contribution in [0.15, 0.2) is 40.9 Å². The second kappa shape index (κ2) is 6.69. The van der Waals surface area contributed by atoms with E-state index in [1.165, 1.54) is 6.42 Å². The highest BCUT2D eigenvalue weighted by atomic mass is 79.9. The largest absolute Gasteiger partial charge is 0.484 e. The number of halogens is 1. The molecule has 0 bridgehead atoms. The minimum Gasteiger partial charge on any atom is -0.484 e. The summed E-state index contributed by atoms with van der Waals surface area (Å²) in [7, 11) is 0. The number of piperidine rings is 1. The van der Waals surface area contributed by atoms with Gasteiger partial charge in [-0.05, 0) is 53.8 Å². The maximum absolute atomic E-state index is 12.2. The molecule has 1 fully saturated rings. The van der Waals surface area contributed by atoms with Crippen LogP contribution in [0.5, 0.6) is 5.75 Å². The van der Waals surface area contributed by atoms with Gasteiger partial charge in [0.2, 0.25) is 0 Å². The van der Waals surface area contributed by atoms with Crippen molar-refractivity contribution < 1.29 is 9.53 Å². The molecule has 1 heterocycles. The molecule has 2 aromatic carbocycles. The molecule has 1 aliphatic heterocycles. The first kappa shape index (κ1) is 15.3. The van der Waals surface area contributed by atoms with Crippen molar-refractivity contribution in [3.8, 4) is 5.75 Å². The normalized spacial score (nSPS) is 18.5. The molecular weight excluding hydrogens is 342 g/mol. The second-order valence-electron chi connectivity index (χ2n) is 6.03. The van der Waals surface area contributed by atoms with Crippen LogP contribution in [-0.2, 0) is 4.79 Å². The van der Waals surface area contributed by atoms with Crippen molar-refractivity contribution in [3.05, 3.63) is 40.9 Å². The third-order valence-electron chi connectivity index (χ3n) is 4.15. The Morgan fingerprint density at radius 1 is 1.27 bits per heavy atom. The average Bonchev–Trinajstić information content (AvgIpc) is 2.52. The van der Waals surface area contributed by atoms with E-state index >= 15 is 0 Å². The summed E-state index contributed by atoms with van der Waals surface area (Å²) < 4.78 is 6.75. The van der Waals surface area contributed by atoms with E-state index < -0.39 is 0 Å². The number of carbonyl (C=O) groups is 1. The number of ether oxygens (including phenoxy) is 1. The van der Waals surface area contributed by atoms with Gasteiger partial charge >= 0.3 is 0 Å². The lowest BCUT2D eigenvalue weighted by molar-refractivity contribution is -0.135. The van der Waals surface area contributed by atoms with Crippen molar-refractivity contribution in [2.45, 2.75) is 19.8 Å². The van der Waals surface area contributed by atoms with E-state index in [2.05, 4.69) is 28.9 Å². The van der Waals surface area contributed by atoms with Crippen molar-refractivity contribution in [1.29, 1.82) is 0 Å². The Kier molecular flexibility index (Phi) is 4.67. The van der Waals surface area contributed by atoms with Crippen LogP contribution < -0.4 is 4.74 Å². The lowest BCUT2D eigenvalue weighted by atomic mass is 10.0. The lowest BCUT2D eigenvalue weighted by Crippen LogP contribution is -2.41. The minimum atomic E-state index is 0.0856. The van der Waals surface area contributed by atoms with Gasteiger partial charge in [-0.2, -0.15) is 0 Å². The fraction of sp³-hybridized carbons (Fsp3) is 0.389. The molecule has 1 saturated heterocycles. The van der Waals surface area contributed by atoms with E-state index in [9.17, 15) is 4.79 Å². The van der Waals surface area contributed by atoms with E-state index in [1.54, 1.807) is 0 Å². The first-order valence-corrected chi connectivity index (χ1v) is 8.51. The summed E-state index contributed by atoms with van der Waals surface area (Å²) in [5.74, 6) is 1.42. The van der Waals surface area contributed by atoms with Crippen LogP contribution in [0.3, 0.4) is 0 Å². The Labute approximate surface area is 139 Å². The van der Waals surface area contributed by atoms with E-state index in [0.29, 0.717) is 5.92 Å². The fourth-order valence-electron chi connectivity index (χ4n) is 2.94. The van der Waals surface area contributed by atoms with Gasteiger partial charge in [0.15, 0.2) is 6.61 Å². The molecule has 0 aliphatic carbocycles. The number of nitrogens with zero attached hydrogens (tertiary/aromatic N) is 1. The molecule has 116 valence electrons. The van der Waals surface area contributed by atoms with Crippen LogP contribution >= 0.6 is 15.9 Å². The quantitative estimate of drug-likeness (QED) is 0.818. The standard InChI is InChI=1S/C18H20BrNO2/c1-13-3-2-8-20(11-13)18(21)12-22-17-7-5-14-9-16(19)6-4-15(14)10-17/h4-7,9-10,13H,2-3,8,11-12H2,1H3. The summed E-state index contributed by atoms with van der Waals surface area (Å²) in [6, 6.07) is 12.0. The van der Waals surface area contributed by atoms with Crippen molar-refractivity contribution >= 4 is 32.6 Å². The van der Waals surface area contributed by atoms with Crippen LogP contribution in [0, 0.1) is 5.92 Å². The number of likely N-dealkylation sites (tertiary alicyclic amines) is 1. The molecule has 1 unspecified atom stereocenters. The smallest absolute Gasteiger partial charge is 0.260 e. The van der Waals surface area contributed by atoms with Crippen LogP contribution in [0.25, 0.3) is 10.8 Å². The van der Waals surface area contributed by atoms with Crippen molar-refractivity contribution in [3.63, 3.8) is 0 Å². The van der Waals surface area contributed by atoms with Gasteiger partial charge in [0.25, 0.3) is 5.91 Å². The van der Waals surface area contributed by atoms with E-state index in [0.717, 1.165) is 40.5 Å². The molecule has 1 atom stereocenters. The molecule has 2 aromatic rings. The highest BCUT2D eigenvalue weighted by molar-refractivity contribution is 9.10. The molecule has 0 aromatic heterocycles. The molecule has 0 radical (unpaired) electrons. The molecule has 4 heteroatoms. The first-order chi connectivity index (χ1) is 10.6. The topological polar surface area (TPSA) is 29.5 Å². The molecular formula is C18H20BrNO2. The van der Waals surface area contributed by atoms with Gasteiger partial charge in [0, 0.05) is 17.6 Å². The highest BCUT2D eigenvalue weighted by Gasteiger charge is 2.21. The van der Waals surface area contributed by atoms with Crippen molar-refractivity contribution in [2.75, 3.05) is 19.7 Å². The number of fused-ring (bicyclic) bond motifs is 1. The summed E-state index contributed by atoms with van der Waals surface area (Å²) in [4.78, 5) is 14.1. The third kappa shape index (κ3) is 3.61. The zero-order chi connectivity index (χ0) is 15.5. The summed E-state index contributed by atoms with van der Waals surface area (Å²) >= 11 is 3.47. The number of amides is 1. The minimum absolute atomic E-state index is 0.0856. The Hall–Kier alpha value is -1.55. The Morgan fingerprint density at radius 2 is 2.05 bits per heavy atom. The Bertz CT molecular complexity index is 686. The fourth-order valence-corrected chi connectivity index (χ4v) is 3.32. The van der Waals surface area contributed by atoms with Gasteiger partial charge in [-0.15, -0.1) is 0 Å².